The van der Waals surface area contributed by atoms with Gasteiger partial charge in [0.05, 0.1) is 0 Å². The van der Waals surface area contributed by atoms with E-state index in [1.165, 1.54) is 5.56 Å². The van der Waals surface area contributed by atoms with E-state index in [2.05, 4.69) is 25.7 Å². The molecule has 27 heavy (non-hydrogen) atoms. The lowest BCUT2D eigenvalue weighted by molar-refractivity contribution is -0.141. The van der Waals surface area contributed by atoms with Crippen molar-refractivity contribution in [2.75, 3.05) is 6.54 Å². The Bertz CT molecular complexity index is 671. The predicted molar refractivity (Wildman–Crippen MR) is 106 cm³/mol. The van der Waals surface area contributed by atoms with Gasteiger partial charge in [-0.15, -0.1) is 0 Å². The molecule has 0 spiro atoms. The van der Waals surface area contributed by atoms with Gasteiger partial charge < -0.3 is 10.0 Å². The quantitative estimate of drug-likeness (QED) is 0.826. The number of aliphatic carboxylic acids is 1. The van der Waals surface area contributed by atoms with E-state index < -0.39 is 12.0 Å². The summed E-state index contributed by atoms with van der Waals surface area (Å²) < 4.78 is 0. The first-order valence-corrected chi connectivity index (χ1v) is 10.3. The molecule has 1 aliphatic carbocycles. The van der Waals surface area contributed by atoms with Gasteiger partial charge in [0.25, 0.3) is 5.91 Å². The van der Waals surface area contributed by atoms with Crippen LogP contribution in [0.1, 0.15) is 68.8 Å². The van der Waals surface area contributed by atoms with Crippen LogP contribution in [0.25, 0.3) is 0 Å². The molecule has 3 unspecified atom stereocenters. The van der Waals surface area contributed by atoms with Gasteiger partial charge in [-0.25, -0.2) is 4.79 Å². The molecule has 3 atom stereocenters. The number of carbonyl (C=O) groups excluding carboxylic acids is 1. The lowest BCUT2D eigenvalue weighted by atomic mass is 9.84. The van der Waals surface area contributed by atoms with Crippen LogP contribution in [0.4, 0.5) is 0 Å². The Morgan fingerprint density at radius 2 is 1.85 bits per heavy atom. The molecule has 1 heterocycles. The standard InChI is InChI=1S/C22H32N2O3/c1-4-23(15(2)3)14-16-9-11-17(12-10-16)21(25)24-19-8-6-5-7-18(19)13-20(24)22(26)27/h9-12,15,18-20H,4-8,13-14H2,1-3H3,(H,26,27). The van der Waals surface area contributed by atoms with Crippen LogP contribution in [-0.4, -0.2) is 51.5 Å². The molecule has 1 N–H and O–H groups in total. The minimum absolute atomic E-state index is 0.0866. The fraction of sp³-hybridized carbons (Fsp3) is 0.636. The summed E-state index contributed by atoms with van der Waals surface area (Å²) in [6, 6.07) is 7.61. The van der Waals surface area contributed by atoms with E-state index in [1.54, 1.807) is 4.90 Å². The molecule has 1 aromatic rings. The Kier molecular flexibility index (Phi) is 6.20. The zero-order valence-electron chi connectivity index (χ0n) is 16.7. The lowest BCUT2D eigenvalue weighted by Gasteiger charge is -2.33. The summed E-state index contributed by atoms with van der Waals surface area (Å²) in [5, 5.41) is 9.65. The Morgan fingerprint density at radius 1 is 1.19 bits per heavy atom. The van der Waals surface area contributed by atoms with Gasteiger partial charge in [-0.1, -0.05) is 31.9 Å². The number of hydrogen-bond donors (Lipinski definition) is 1. The number of benzene rings is 1. The highest BCUT2D eigenvalue weighted by molar-refractivity contribution is 5.97. The van der Waals surface area contributed by atoms with E-state index in [0.717, 1.165) is 38.8 Å². The Labute approximate surface area is 162 Å². The SMILES string of the molecule is CCN(Cc1ccc(C(=O)N2C(C(=O)O)CC3CCCCC32)cc1)C(C)C. The van der Waals surface area contributed by atoms with Gasteiger partial charge in [-0.05, 0) is 63.3 Å². The van der Waals surface area contributed by atoms with Crippen LogP contribution in [0.15, 0.2) is 24.3 Å². The topological polar surface area (TPSA) is 60.9 Å². The molecule has 0 aromatic heterocycles. The van der Waals surface area contributed by atoms with Gasteiger partial charge in [0.2, 0.25) is 0 Å². The number of hydrogen-bond acceptors (Lipinski definition) is 3. The number of fused-ring (bicyclic) bond motifs is 1. The van der Waals surface area contributed by atoms with Crippen LogP contribution >= 0.6 is 0 Å². The van der Waals surface area contributed by atoms with E-state index in [9.17, 15) is 14.7 Å². The third-order valence-electron chi connectivity index (χ3n) is 6.33. The van der Waals surface area contributed by atoms with Crippen molar-refractivity contribution in [3.05, 3.63) is 35.4 Å². The van der Waals surface area contributed by atoms with E-state index in [0.29, 0.717) is 23.9 Å². The fourth-order valence-corrected chi connectivity index (χ4v) is 4.77. The van der Waals surface area contributed by atoms with E-state index in [4.69, 9.17) is 0 Å². The second-order valence-electron chi connectivity index (χ2n) is 8.27. The predicted octanol–water partition coefficient (Wildman–Crippen LogP) is 3.77. The molecule has 1 saturated carbocycles. The zero-order chi connectivity index (χ0) is 19.6. The van der Waals surface area contributed by atoms with Gasteiger partial charge in [0.1, 0.15) is 6.04 Å². The molecular weight excluding hydrogens is 340 g/mol. The van der Waals surface area contributed by atoms with Crippen molar-refractivity contribution in [2.24, 2.45) is 5.92 Å². The van der Waals surface area contributed by atoms with E-state index in [-0.39, 0.29) is 11.9 Å². The third kappa shape index (κ3) is 4.18. The maximum atomic E-state index is 13.2. The number of nitrogens with zero attached hydrogens (tertiary/aromatic N) is 2. The van der Waals surface area contributed by atoms with Gasteiger partial charge >= 0.3 is 5.97 Å². The molecule has 1 saturated heterocycles. The van der Waals surface area contributed by atoms with Crippen molar-refractivity contribution in [2.45, 2.75) is 77.5 Å². The highest BCUT2D eigenvalue weighted by Crippen LogP contribution is 2.40. The van der Waals surface area contributed by atoms with E-state index >= 15 is 0 Å². The molecular formula is C22H32N2O3. The summed E-state index contributed by atoms with van der Waals surface area (Å²) in [4.78, 5) is 29.0. The number of carbonyl (C=O) groups is 2. The van der Waals surface area contributed by atoms with Crippen LogP contribution in [0.3, 0.4) is 0 Å². The van der Waals surface area contributed by atoms with Crippen molar-refractivity contribution >= 4 is 11.9 Å². The summed E-state index contributed by atoms with van der Waals surface area (Å²) in [5.41, 5.74) is 1.78. The van der Waals surface area contributed by atoms with Crippen LogP contribution < -0.4 is 0 Å². The number of carboxylic acid groups (broad SMARTS) is 1. The highest BCUT2D eigenvalue weighted by Gasteiger charge is 2.47. The van der Waals surface area contributed by atoms with Crippen molar-refractivity contribution in [3.63, 3.8) is 0 Å². The number of likely N-dealkylation sites (tertiary alicyclic amines) is 1. The molecule has 1 aromatic carbocycles. The second kappa shape index (κ2) is 8.42. The van der Waals surface area contributed by atoms with Crippen LogP contribution in [-0.2, 0) is 11.3 Å². The van der Waals surface area contributed by atoms with Crippen LogP contribution in [0.2, 0.25) is 0 Å². The number of carboxylic acids is 1. The smallest absolute Gasteiger partial charge is 0.326 e. The maximum absolute atomic E-state index is 13.2. The first kappa shape index (κ1) is 19.9. The van der Waals surface area contributed by atoms with Crippen molar-refractivity contribution in [1.29, 1.82) is 0 Å². The molecule has 0 bridgehead atoms. The third-order valence-corrected chi connectivity index (χ3v) is 6.33. The monoisotopic (exact) mass is 372 g/mol. The molecule has 5 nitrogen and oxygen atoms in total. The van der Waals surface area contributed by atoms with Crippen molar-refractivity contribution < 1.29 is 14.7 Å². The summed E-state index contributed by atoms with van der Waals surface area (Å²) in [6.45, 7) is 8.35. The normalized spacial score (nSPS) is 25.1. The minimum Gasteiger partial charge on any atom is -0.480 e. The molecule has 1 aliphatic heterocycles. The first-order chi connectivity index (χ1) is 12.9. The minimum atomic E-state index is -0.870. The Morgan fingerprint density at radius 3 is 2.44 bits per heavy atom. The van der Waals surface area contributed by atoms with E-state index in [1.807, 2.05) is 24.3 Å². The number of amides is 1. The molecule has 2 fully saturated rings. The van der Waals surface area contributed by atoms with Gasteiger partial charge in [-0.2, -0.15) is 0 Å². The number of rotatable bonds is 6. The molecule has 0 radical (unpaired) electrons. The van der Waals surface area contributed by atoms with Crippen LogP contribution in [0.5, 0.6) is 0 Å². The van der Waals surface area contributed by atoms with Gasteiger partial charge in [-0.3, -0.25) is 9.69 Å². The first-order valence-electron chi connectivity index (χ1n) is 10.3. The van der Waals surface area contributed by atoms with Gasteiger partial charge in [0, 0.05) is 24.2 Å². The van der Waals surface area contributed by atoms with Crippen molar-refractivity contribution in [3.8, 4) is 0 Å². The summed E-state index contributed by atoms with van der Waals surface area (Å²) in [6.07, 6.45) is 4.80. The molecule has 3 rings (SSSR count). The molecule has 148 valence electrons. The Balaban J connectivity index is 1.76. The Hall–Kier alpha value is -1.88. The summed E-state index contributed by atoms with van der Waals surface area (Å²) >= 11 is 0. The lowest BCUT2D eigenvalue weighted by Crippen LogP contribution is -2.46. The maximum Gasteiger partial charge on any atom is 0.326 e. The fourth-order valence-electron chi connectivity index (χ4n) is 4.77. The summed E-state index contributed by atoms with van der Waals surface area (Å²) in [5.74, 6) is -0.656. The average Bonchev–Trinajstić information content (AvgIpc) is 3.05. The molecule has 2 aliphatic rings. The van der Waals surface area contributed by atoms with Crippen molar-refractivity contribution in [1.82, 2.24) is 9.80 Å². The molecule has 1 amide bonds. The van der Waals surface area contributed by atoms with Crippen LogP contribution in [0, 0.1) is 5.92 Å². The second-order valence-corrected chi connectivity index (χ2v) is 8.27. The largest absolute Gasteiger partial charge is 0.480 e. The molecule has 5 heteroatoms. The summed E-state index contributed by atoms with van der Waals surface area (Å²) in [7, 11) is 0. The average molecular weight is 373 g/mol. The highest BCUT2D eigenvalue weighted by atomic mass is 16.4. The zero-order valence-corrected chi connectivity index (χ0v) is 16.7. The van der Waals surface area contributed by atoms with Gasteiger partial charge in [0.15, 0.2) is 0 Å².